The number of likely N-dealkylation sites (tertiary alicyclic amines) is 1. The second kappa shape index (κ2) is 5.60. The van der Waals surface area contributed by atoms with Crippen molar-refractivity contribution in [2.45, 2.75) is 17.4 Å². The second-order valence-corrected chi connectivity index (χ2v) is 7.74. The molecule has 4 nitrogen and oxygen atoms in total. The minimum absolute atomic E-state index is 0.0177. The number of hydrogen-bond acceptors (Lipinski definition) is 4. The Labute approximate surface area is 123 Å². The molecule has 1 aliphatic heterocycles. The van der Waals surface area contributed by atoms with E-state index < -0.39 is 20.5 Å². The number of sulfone groups is 1. The fourth-order valence-corrected chi connectivity index (χ4v) is 4.26. The molecule has 0 aliphatic carbocycles. The quantitative estimate of drug-likeness (QED) is 0.923. The van der Waals surface area contributed by atoms with Gasteiger partial charge < -0.3 is 5.73 Å². The maximum absolute atomic E-state index is 14.1. The average molecular weight is 321 g/mol. The van der Waals surface area contributed by atoms with Crippen LogP contribution >= 0.6 is 11.6 Å². The van der Waals surface area contributed by atoms with Gasteiger partial charge in [0, 0.05) is 18.8 Å². The van der Waals surface area contributed by atoms with Crippen LogP contribution in [-0.4, -0.2) is 39.7 Å². The minimum Gasteiger partial charge on any atom is -0.330 e. The van der Waals surface area contributed by atoms with Crippen molar-refractivity contribution in [2.75, 3.05) is 26.4 Å². The highest BCUT2D eigenvalue weighted by atomic mass is 35.5. The standard InChI is InChI=1S/C13H18ClFN2O2S/c1-17-7-8(6-16)3-12(17)9-4-10(14)13(11(15)5-9)20(2,18)19/h4-5,8,12H,3,6-7,16H2,1-2H3. The first-order valence-electron chi connectivity index (χ1n) is 6.33. The van der Waals surface area contributed by atoms with Crippen molar-refractivity contribution in [2.24, 2.45) is 11.7 Å². The zero-order chi connectivity index (χ0) is 15.1. The van der Waals surface area contributed by atoms with Crippen LogP contribution in [0.25, 0.3) is 0 Å². The highest BCUT2D eigenvalue weighted by molar-refractivity contribution is 7.90. The minimum atomic E-state index is -3.67. The largest absolute Gasteiger partial charge is 0.330 e. The monoisotopic (exact) mass is 320 g/mol. The summed E-state index contributed by atoms with van der Waals surface area (Å²) in [6.07, 6.45) is 1.77. The molecule has 0 bridgehead atoms. The Hall–Kier alpha value is -0.690. The van der Waals surface area contributed by atoms with E-state index in [0.717, 1.165) is 19.2 Å². The fraction of sp³-hybridized carbons (Fsp3) is 0.538. The van der Waals surface area contributed by atoms with Gasteiger partial charge in [-0.2, -0.15) is 0 Å². The van der Waals surface area contributed by atoms with Crippen LogP contribution in [0.5, 0.6) is 0 Å². The van der Waals surface area contributed by atoms with Crippen molar-refractivity contribution >= 4 is 21.4 Å². The predicted molar refractivity (Wildman–Crippen MR) is 77.1 cm³/mol. The van der Waals surface area contributed by atoms with E-state index in [9.17, 15) is 12.8 Å². The molecule has 1 aromatic rings. The van der Waals surface area contributed by atoms with Crippen LogP contribution in [0, 0.1) is 11.7 Å². The molecule has 2 unspecified atom stereocenters. The molecule has 20 heavy (non-hydrogen) atoms. The number of benzene rings is 1. The lowest BCUT2D eigenvalue weighted by atomic mass is 10.00. The first kappa shape index (κ1) is 15.7. The molecule has 0 saturated carbocycles. The molecule has 112 valence electrons. The van der Waals surface area contributed by atoms with Crippen LogP contribution < -0.4 is 5.73 Å². The van der Waals surface area contributed by atoms with Crippen molar-refractivity contribution < 1.29 is 12.8 Å². The number of nitrogens with zero attached hydrogens (tertiary/aromatic N) is 1. The van der Waals surface area contributed by atoms with Crippen LogP contribution in [0.4, 0.5) is 4.39 Å². The number of nitrogens with two attached hydrogens (primary N) is 1. The molecule has 1 heterocycles. The summed E-state index contributed by atoms with van der Waals surface area (Å²) in [6, 6.07) is 2.83. The SMILES string of the molecule is CN1CC(CN)CC1c1cc(F)c(S(C)(=O)=O)c(Cl)c1. The number of hydrogen-bond donors (Lipinski definition) is 1. The summed E-state index contributed by atoms with van der Waals surface area (Å²) in [4.78, 5) is 1.65. The summed E-state index contributed by atoms with van der Waals surface area (Å²) < 4.78 is 37.1. The van der Waals surface area contributed by atoms with Crippen molar-refractivity contribution in [1.29, 1.82) is 0 Å². The normalized spacial score (nSPS) is 24.2. The van der Waals surface area contributed by atoms with Gasteiger partial charge in [-0.3, -0.25) is 4.90 Å². The Morgan fingerprint density at radius 3 is 2.60 bits per heavy atom. The molecule has 0 amide bonds. The van der Waals surface area contributed by atoms with Gasteiger partial charge in [0.25, 0.3) is 0 Å². The predicted octanol–water partition coefficient (Wildman–Crippen LogP) is 1.83. The molecule has 0 radical (unpaired) electrons. The number of halogens is 2. The summed E-state index contributed by atoms with van der Waals surface area (Å²) >= 11 is 5.95. The molecular formula is C13H18ClFN2O2S. The lowest BCUT2D eigenvalue weighted by molar-refractivity contribution is 0.313. The molecular weight excluding hydrogens is 303 g/mol. The maximum atomic E-state index is 14.1. The highest BCUT2D eigenvalue weighted by Gasteiger charge is 2.31. The smallest absolute Gasteiger partial charge is 0.179 e. The Morgan fingerprint density at radius 2 is 2.15 bits per heavy atom. The van der Waals surface area contributed by atoms with Gasteiger partial charge in [0.1, 0.15) is 10.7 Å². The van der Waals surface area contributed by atoms with E-state index in [1.165, 1.54) is 6.07 Å². The third-order valence-corrected chi connectivity index (χ3v) is 5.31. The van der Waals surface area contributed by atoms with Crippen molar-refractivity contribution in [3.63, 3.8) is 0 Å². The van der Waals surface area contributed by atoms with Gasteiger partial charge in [-0.05, 0) is 43.6 Å². The third kappa shape index (κ3) is 2.98. The lowest BCUT2D eigenvalue weighted by Crippen LogP contribution is -2.20. The van der Waals surface area contributed by atoms with Gasteiger partial charge >= 0.3 is 0 Å². The fourth-order valence-electron chi connectivity index (χ4n) is 2.79. The van der Waals surface area contributed by atoms with Crippen LogP contribution in [0.15, 0.2) is 17.0 Å². The van der Waals surface area contributed by atoms with Gasteiger partial charge in [-0.25, -0.2) is 12.8 Å². The van der Waals surface area contributed by atoms with Crippen molar-refractivity contribution in [3.05, 3.63) is 28.5 Å². The Morgan fingerprint density at radius 1 is 1.50 bits per heavy atom. The Bertz CT molecular complexity index is 598. The zero-order valence-corrected chi connectivity index (χ0v) is 13.0. The highest BCUT2D eigenvalue weighted by Crippen LogP contribution is 2.37. The second-order valence-electron chi connectivity index (χ2n) is 5.38. The van der Waals surface area contributed by atoms with Crippen molar-refractivity contribution in [3.8, 4) is 0 Å². The van der Waals surface area contributed by atoms with E-state index in [4.69, 9.17) is 17.3 Å². The molecule has 1 fully saturated rings. The lowest BCUT2D eigenvalue weighted by Gasteiger charge is -2.20. The topological polar surface area (TPSA) is 63.4 Å². The van der Waals surface area contributed by atoms with Crippen LogP contribution in [0.1, 0.15) is 18.0 Å². The summed E-state index contributed by atoms with van der Waals surface area (Å²) in [5, 5.41) is -0.0629. The third-order valence-electron chi connectivity index (χ3n) is 3.74. The molecule has 1 aromatic carbocycles. The van der Waals surface area contributed by atoms with E-state index in [0.29, 0.717) is 18.0 Å². The average Bonchev–Trinajstić information content (AvgIpc) is 2.67. The van der Waals surface area contributed by atoms with Crippen LogP contribution in [0.3, 0.4) is 0 Å². The maximum Gasteiger partial charge on any atom is 0.179 e. The molecule has 2 rings (SSSR count). The Balaban J connectivity index is 2.41. The van der Waals surface area contributed by atoms with Crippen LogP contribution in [-0.2, 0) is 9.84 Å². The summed E-state index contributed by atoms with van der Waals surface area (Å²) in [5.41, 5.74) is 6.36. The number of rotatable bonds is 3. The first-order valence-corrected chi connectivity index (χ1v) is 8.60. The first-order chi connectivity index (χ1) is 9.24. The van der Waals surface area contributed by atoms with Crippen molar-refractivity contribution in [1.82, 2.24) is 4.90 Å². The van der Waals surface area contributed by atoms with E-state index in [1.54, 1.807) is 6.07 Å². The molecule has 0 spiro atoms. The van der Waals surface area contributed by atoms with Gasteiger partial charge in [0.05, 0.1) is 5.02 Å². The molecule has 0 aromatic heterocycles. The van der Waals surface area contributed by atoms with Crippen LogP contribution in [0.2, 0.25) is 5.02 Å². The van der Waals surface area contributed by atoms with Gasteiger partial charge in [-0.1, -0.05) is 11.6 Å². The summed E-state index contributed by atoms with van der Waals surface area (Å²) in [7, 11) is -1.73. The van der Waals surface area contributed by atoms with Gasteiger partial charge in [0.15, 0.2) is 9.84 Å². The summed E-state index contributed by atoms with van der Waals surface area (Å²) in [5.74, 6) is -0.430. The molecule has 7 heteroatoms. The van der Waals surface area contributed by atoms with E-state index in [2.05, 4.69) is 4.90 Å². The van der Waals surface area contributed by atoms with Gasteiger partial charge in [-0.15, -0.1) is 0 Å². The Kier molecular flexibility index (Phi) is 4.39. The van der Waals surface area contributed by atoms with E-state index >= 15 is 0 Å². The molecule has 2 N–H and O–H groups in total. The van der Waals surface area contributed by atoms with E-state index in [1.807, 2.05) is 7.05 Å². The molecule has 1 saturated heterocycles. The zero-order valence-electron chi connectivity index (χ0n) is 11.4. The van der Waals surface area contributed by atoms with Gasteiger partial charge in [0.2, 0.25) is 0 Å². The summed E-state index contributed by atoms with van der Waals surface area (Å²) in [6.45, 7) is 1.42. The van der Waals surface area contributed by atoms with E-state index in [-0.39, 0.29) is 11.1 Å². The molecule has 2 atom stereocenters. The molecule has 1 aliphatic rings.